The van der Waals surface area contributed by atoms with Crippen LogP contribution in [0.1, 0.15) is 11.1 Å². The first-order valence-electron chi connectivity index (χ1n) is 8.61. The molecule has 0 spiro atoms. The summed E-state index contributed by atoms with van der Waals surface area (Å²) in [4.78, 5) is 78.3. The van der Waals surface area contributed by atoms with Crippen molar-refractivity contribution < 1.29 is 95.0 Å². The first kappa shape index (κ1) is 47.4. The quantitative estimate of drug-likeness (QED) is 0.119. The zero-order valence-electron chi connectivity index (χ0n) is 19.3. The van der Waals surface area contributed by atoms with Crippen LogP contribution in [0.2, 0.25) is 0 Å². The lowest BCUT2D eigenvalue weighted by Crippen LogP contribution is -2.31. The van der Waals surface area contributed by atoms with E-state index in [4.69, 9.17) is 39.1 Å². The molecule has 2 rings (SSSR count). The summed E-state index contributed by atoms with van der Waals surface area (Å²) in [5.41, 5.74) is 0.198. The number of pyridine rings is 2. The maximum Gasteiger partial charge on any atom is 0.369 e. The van der Waals surface area contributed by atoms with Crippen LogP contribution < -0.4 is 0 Å². The fourth-order valence-electron chi connectivity index (χ4n) is 2.30. The molecule has 2 aromatic heterocycles. The van der Waals surface area contributed by atoms with E-state index >= 15 is 0 Å². The molecule has 0 atom stereocenters. The Labute approximate surface area is 219 Å². The molecule has 0 fully saturated rings. The maximum atomic E-state index is 11.0. The van der Waals surface area contributed by atoms with E-state index in [9.17, 15) is 28.5 Å². The van der Waals surface area contributed by atoms with Gasteiger partial charge in [-0.3, -0.25) is 28.2 Å². The lowest BCUT2D eigenvalue weighted by atomic mass is 10.2. The third-order valence-electron chi connectivity index (χ3n) is 4.19. The van der Waals surface area contributed by atoms with E-state index in [1.54, 1.807) is 0 Å². The number of hydrogen-bond acceptors (Lipinski definition) is 8. The Kier molecular flexibility index (Phi) is 20.4. The van der Waals surface area contributed by atoms with E-state index in [1.165, 1.54) is 36.7 Å². The van der Waals surface area contributed by atoms with Crippen molar-refractivity contribution in [3.8, 4) is 0 Å². The number of hydrogen-bond donors (Lipinski definition) is 10. The lowest BCUT2D eigenvalue weighted by Gasteiger charge is -2.29. The summed E-state index contributed by atoms with van der Waals surface area (Å²) in [6.45, 7) is 0. The maximum absolute atomic E-state index is 11.0. The average Bonchev–Trinajstić information content (AvgIpc) is 2.66. The number of rotatable bonds is 8. The molecule has 0 aromatic carbocycles. The van der Waals surface area contributed by atoms with Gasteiger partial charge in [-0.15, -0.1) is 0 Å². The summed E-state index contributed by atoms with van der Waals surface area (Å²) in [7, 11) is -21.6. The van der Waals surface area contributed by atoms with Gasteiger partial charge in [0.2, 0.25) is 0 Å². The third-order valence-corrected chi connectivity index (χ3v) is 11.7. The second-order valence-corrected chi connectivity index (χ2v) is 14.8. The van der Waals surface area contributed by atoms with Gasteiger partial charge in [0.05, 0.1) is 0 Å². The van der Waals surface area contributed by atoms with Crippen molar-refractivity contribution in [1.82, 2.24) is 9.97 Å². The van der Waals surface area contributed by atoms with E-state index in [0.717, 1.165) is 12.4 Å². The predicted octanol–water partition coefficient (Wildman–Crippen LogP) is -4.87. The van der Waals surface area contributed by atoms with Crippen molar-refractivity contribution >= 4 is 30.4 Å². The highest BCUT2D eigenvalue weighted by Crippen LogP contribution is 2.69. The molecule has 0 aliphatic carbocycles. The molecule has 232 valence electrons. The SMILES string of the molecule is O.O.O.O.O.O=P(O)(O)C(O)(Cc1cccnc1)P(=O)(O)O.O=P(O)(O)C(O)(Cc1cccnc1)P(=O)(O)O. The third kappa shape index (κ3) is 11.9. The fourth-order valence-corrected chi connectivity index (χ4v) is 6.57. The first-order chi connectivity index (χ1) is 15.2. The molecule has 0 radical (unpaired) electrons. The van der Waals surface area contributed by atoms with Gasteiger partial charge in [0.25, 0.3) is 10.2 Å². The van der Waals surface area contributed by atoms with Crippen LogP contribution in [0.15, 0.2) is 49.1 Å². The predicted molar refractivity (Wildman–Crippen MR) is 132 cm³/mol. The van der Waals surface area contributed by atoms with Gasteiger partial charge in [0.15, 0.2) is 0 Å². The Morgan fingerprint density at radius 3 is 0.923 bits per heavy atom. The average molecular weight is 656 g/mol. The minimum absolute atomic E-state index is 0. The summed E-state index contributed by atoms with van der Waals surface area (Å²) in [5, 5.41) is 12.3. The summed E-state index contributed by atoms with van der Waals surface area (Å²) in [5.74, 6) is 0. The van der Waals surface area contributed by atoms with E-state index in [-0.39, 0.29) is 38.5 Å². The number of aromatic nitrogens is 2. The van der Waals surface area contributed by atoms with Gasteiger partial charge in [-0.1, -0.05) is 12.1 Å². The zero-order chi connectivity index (χ0) is 26.6. The second-order valence-electron chi connectivity index (χ2n) is 6.80. The molecule has 39 heavy (non-hydrogen) atoms. The molecule has 0 bridgehead atoms. The van der Waals surface area contributed by atoms with Crippen molar-refractivity contribution in [2.24, 2.45) is 0 Å². The fraction of sp³-hybridized carbons (Fsp3) is 0.286. The Morgan fingerprint density at radius 1 is 0.538 bits per heavy atom. The minimum Gasteiger partial charge on any atom is -0.412 e. The molecule has 0 saturated heterocycles. The molecule has 0 unspecified atom stereocenters. The second kappa shape index (κ2) is 16.8. The normalized spacial score (nSPS) is 11.9. The van der Waals surface area contributed by atoms with Crippen molar-refractivity contribution in [3.63, 3.8) is 0 Å². The van der Waals surface area contributed by atoms with Crippen LogP contribution in [0.4, 0.5) is 0 Å². The Bertz CT molecular complexity index is 1010. The molecule has 25 heteroatoms. The van der Waals surface area contributed by atoms with Gasteiger partial charge >= 0.3 is 30.4 Å². The molecule has 0 aliphatic heterocycles. The zero-order valence-corrected chi connectivity index (χ0v) is 22.9. The van der Waals surface area contributed by atoms with E-state index in [0.29, 0.717) is 0 Å². The molecular weight excluding hydrogens is 624 g/mol. The van der Waals surface area contributed by atoms with Gasteiger partial charge < -0.3 is 76.7 Å². The number of nitrogens with zero attached hydrogens (tertiary/aromatic N) is 2. The molecule has 20 N–H and O–H groups in total. The van der Waals surface area contributed by atoms with Crippen LogP contribution in [0, 0.1) is 0 Å². The van der Waals surface area contributed by atoms with Gasteiger partial charge in [-0.05, 0) is 23.3 Å². The van der Waals surface area contributed by atoms with Crippen LogP contribution in [0.3, 0.4) is 0 Å². The molecule has 2 aromatic rings. The lowest BCUT2D eigenvalue weighted by molar-refractivity contribution is 0.130. The highest BCUT2D eigenvalue weighted by Gasteiger charge is 2.60. The summed E-state index contributed by atoms with van der Waals surface area (Å²) in [6, 6.07) is 5.50. The van der Waals surface area contributed by atoms with Gasteiger partial charge in [-0.25, -0.2) is 0 Å². The van der Waals surface area contributed by atoms with Crippen LogP contribution in [0.25, 0.3) is 0 Å². The molecule has 0 amide bonds. The van der Waals surface area contributed by atoms with Crippen molar-refractivity contribution in [3.05, 3.63) is 60.2 Å². The van der Waals surface area contributed by atoms with Crippen LogP contribution >= 0.6 is 30.4 Å². The van der Waals surface area contributed by atoms with Gasteiger partial charge in [0, 0.05) is 37.6 Å². The smallest absolute Gasteiger partial charge is 0.369 e. The molecule has 0 saturated carbocycles. The van der Waals surface area contributed by atoms with Crippen LogP contribution in [-0.4, -0.2) is 96.9 Å². The largest absolute Gasteiger partial charge is 0.412 e. The Hall–Kier alpha value is -1.38. The van der Waals surface area contributed by atoms with E-state index in [2.05, 4.69) is 9.97 Å². The molecule has 0 aliphatic rings. The molecule has 2 heterocycles. The summed E-state index contributed by atoms with van der Waals surface area (Å²) < 4.78 is 44.1. The standard InChI is InChI=1S/2C7H11NO7P2.5H2O/c2*9-7(16(10,11)12,17(13,14)15)4-6-2-1-3-8-5-6;;;;;/h2*1-3,5,9H,4H2,(H2,10,11,12)(H2,13,14,15);5*1H2. The summed E-state index contributed by atoms with van der Waals surface area (Å²) in [6.07, 6.45) is 3.26. The highest BCUT2D eigenvalue weighted by atomic mass is 31.2. The Morgan fingerprint density at radius 2 is 0.769 bits per heavy atom. The summed E-state index contributed by atoms with van der Waals surface area (Å²) >= 11 is 0. The molecular formula is C14H32N2O19P4. The minimum atomic E-state index is -5.41. The Balaban J connectivity index is -0.000000175. The van der Waals surface area contributed by atoms with Crippen LogP contribution in [-0.2, 0) is 31.1 Å². The highest BCUT2D eigenvalue weighted by molar-refractivity contribution is 7.72. The van der Waals surface area contributed by atoms with Gasteiger partial charge in [-0.2, -0.15) is 0 Å². The molecule has 21 nitrogen and oxygen atoms in total. The van der Waals surface area contributed by atoms with Gasteiger partial charge in [0.1, 0.15) is 0 Å². The first-order valence-corrected chi connectivity index (χ1v) is 15.1. The van der Waals surface area contributed by atoms with Crippen molar-refractivity contribution in [2.45, 2.75) is 23.0 Å². The van der Waals surface area contributed by atoms with Crippen LogP contribution in [0.5, 0.6) is 0 Å². The number of aliphatic hydroxyl groups is 2. The topological polar surface area (TPSA) is 454 Å². The van der Waals surface area contributed by atoms with Crippen molar-refractivity contribution in [2.75, 3.05) is 0 Å². The monoisotopic (exact) mass is 656 g/mol. The van der Waals surface area contributed by atoms with Crippen molar-refractivity contribution in [1.29, 1.82) is 0 Å². The van der Waals surface area contributed by atoms with E-state index < -0.39 is 53.4 Å². The van der Waals surface area contributed by atoms with E-state index in [1.807, 2.05) is 0 Å².